The predicted octanol–water partition coefficient (Wildman–Crippen LogP) is 2.10. The maximum Gasteiger partial charge on any atom is 0.243 e. The van der Waals surface area contributed by atoms with Gasteiger partial charge in [-0.15, -0.1) is 0 Å². The molecule has 0 aliphatic heterocycles. The van der Waals surface area contributed by atoms with E-state index in [0.29, 0.717) is 0 Å². The Morgan fingerprint density at radius 3 is 2.53 bits per heavy atom. The van der Waals surface area contributed by atoms with Gasteiger partial charge in [0.05, 0.1) is 6.04 Å². The number of nitrogens with one attached hydrogen (secondary N) is 1. The Bertz CT molecular complexity index is 431. The minimum Gasteiger partial charge on any atom is -0.319 e. The van der Waals surface area contributed by atoms with Crippen molar-refractivity contribution in [1.82, 2.24) is 9.97 Å². The molecule has 94 valence electrons. The van der Waals surface area contributed by atoms with Crippen LogP contribution in [0, 0.1) is 5.41 Å². The van der Waals surface area contributed by atoms with E-state index in [1.807, 2.05) is 20.8 Å². The first kappa shape index (κ1) is 14.2. The van der Waals surface area contributed by atoms with Gasteiger partial charge in [0.1, 0.15) is 11.3 Å². The van der Waals surface area contributed by atoms with Crippen molar-refractivity contribution < 1.29 is 4.79 Å². The van der Waals surface area contributed by atoms with Crippen LogP contribution >= 0.6 is 23.2 Å². The van der Waals surface area contributed by atoms with Gasteiger partial charge in [0.15, 0.2) is 11.0 Å². The molecule has 7 heteroatoms. The summed E-state index contributed by atoms with van der Waals surface area (Å²) in [5, 5.41) is 2.71. The predicted molar refractivity (Wildman–Crippen MR) is 68.1 cm³/mol. The number of carbonyl (C=O) groups excluding carboxylic acids is 1. The van der Waals surface area contributed by atoms with Gasteiger partial charge in [0, 0.05) is 0 Å². The van der Waals surface area contributed by atoms with E-state index in [-0.39, 0.29) is 27.3 Å². The third kappa shape index (κ3) is 3.52. The zero-order valence-electron chi connectivity index (χ0n) is 9.79. The lowest BCUT2D eigenvalue weighted by Crippen LogP contribution is -2.45. The summed E-state index contributed by atoms with van der Waals surface area (Å²) in [5.41, 5.74) is 5.44. The molecular weight excluding hydrogens is 263 g/mol. The quantitative estimate of drug-likeness (QED) is 0.811. The third-order valence-electron chi connectivity index (χ3n) is 2.20. The van der Waals surface area contributed by atoms with Crippen molar-refractivity contribution >= 4 is 34.9 Å². The van der Waals surface area contributed by atoms with Crippen LogP contribution in [-0.2, 0) is 4.79 Å². The highest BCUT2D eigenvalue weighted by Gasteiger charge is 2.28. The molecule has 1 amide bonds. The van der Waals surface area contributed by atoms with Crippen molar-refractivity contribution in [1.29, 1.82) is 0 Å². The Morgan fingerprint density at radius 2 is 2.00 bits per heavy atom. The van der Waals surface area contributed by atoms with Gasteiger partial charge >= 0.3 is 0 Å². The number of aromatic nitrogens is 2. The number of anilines is 1. The van der Waals surface area contributed by atoms with Crippen LogP contribution in [0.1, 0.15) is 20.8 Å². The molecule has 1 aromatic rings. The Morgan fingerprint density at radius 1 is 1.41 bits per heavy atom. The first-order valence-electron chi connectivity index (χ1n) is 4.96. The first-order valence-corrected chi connectivity index (χ1v) is 5.71. The summed E-state index contributed by atoms with van der Waals surface area (Å²) in [6.07, 6.45) is 1.21. The standard InChI is InChI=1S/C10H14Cl2N4O/c1-10(2,3)6(13)9(17)16-8-5(11)7(12)14-4-15-8/h4,6H,13H2,1-3H3,(H,14,15,16,17)/t6-/m1/s1. The first-order chi connectivity index (χ1) is 7.73. The fraction of sp³-hybridized carbons (Fsp3) is 0.500. The Labute approximate surface area is 110 Å². The number of nitrogens with two attached hydrogens (primary N) is 1. The van der Waals surface area contributed by atoms with Gasteiger partial charge in [-0.05, 0) is 5.41 Å². The summed E-state index contributed by atoms with van der Waals surface area (Å²) in [6, 6.07) is -0.674. The highest BCUT2D eigenvalue weighted by Crippen LogP contribution is 2.26. The minimum atomic E-state index is -0.674. The van der Waals surface area contributed by atoms with Gasteiger partial charge in [-0.3, -0.25) is 4.79 Å². The normalized spacial score (nSPS) is 13.3. The Hall–Kier alpha value is -0.910. The number of hydrogen-bond donors (Lipinski definition) is 2. The van der Waals surface area contributed by atoms with E-state index in [1.54, 1.807) is 0 Å². The average Bonchev–Trinajstić information content (AvgIpc) is 2.22. The minimum absolute atomic E-state index is 0.0845. The SMILES string of the molecule is CC(C)(C)[C@H](N)C(=O)Nc1ncnc(Cl)c1Cl. The molecule has 0 unspecified atom stereocenters. The zero-order chi connectivity index (χ0) is 13.2. The van der Waals surface area contributed by atoms with Crippen molar-refractivity contribution in [3.05, 3.63) is 16.5 Å². The summed E-state index contributed by atoms with van der Waals surface area (Å²) in [4.78, 5) is 19.3. The lowest BCUT2D eigenvalue weighted by atomic mass is 9.87. The van der Waals surface area contributed by atoms with Gasteiger partial charge in [-0.25, -0.2) is 9.97 Å². The number of amides is 1. The smallest absolute Gasteiger partial charge is 0.243 e. The van der Waals surface area contributed by atoms with Crippen LogP contribution in [0.5, 0.6) is 0 Å². The summed E-state index contributed by atoms with van der Waals surface area (Å²) in [5.74, 6) is -0.203. The van der Waals surface area contributed by atoms with Crippen LogP contribution in [0.15, 0.2) is 6.33 Å². The fourth-order valence-electron chi connectivity index (χ4n) is 1.02. The molecule has 17 heavy (non-hydrogen) atoms. The molecule has 1 rings (SSSR count). The zero-order valence-corrected chi connectivity index (χ0v) is 11.3. The van der Waals surface area contributed by atoms with E-state index in [4.69, 9.17) is 28.9 Å². The molecule has 0 fully saturated rings. The molecule has 0 aromatic carbocycles. The number of halogens is 2. The van der Waals surface area contributed by atoms with E-state index in [1.165, 1.54) is 6.33 Å². The molecule has 0 radical (unpaired) electrons. The van der Waals surface area contributed by atoms with Gasteiger partial charge < -0.3 is 11.1 Å². The molecule has 3 N–H and O–H groups in total. The van der Waals surface area contributed by atoms with Gasteiger partial charge in [0.2, 0.25) is 5.91 Å². The second-order valence-corrected chi connectivity index (χ2v) is 5.40. The van der Waals surface area contributed by atoms with Crippen LogP contribution in [0.2, 0.25) is 10.2 Å². The van der Waals surface area contributed by atoms with Gasteiger partial charge in [-0.1, -0.05) is 44.0 Å². The number of carbonyl (C=O) groups is 1. The molecule has 0 bridgehead atoms. The fourth-order valence-corrected chi connectivity index (χ4v) is 1.30. The molecule has 0 aliphatic carbocycles. The largest absolute Gasteiger partial charge is 0.319 e. The van der Waals surface area contributed by atoms with Gasteiger partial charge in [0.25, 0.3) is 0 Å². The molecule has 1 aromatic heterocycles. The molecule has 0 saturated heterocycles. The monoisotopic (exact) mass is 276 g/mol. The topological polar surface area (TPSA) is 80.9 Å². The van der Waals surface area contributed by atoms with Crippen molar-refractivity contribution in [2.24, 2.45) is 11.1 Å². The molecule has 0 spiro atoms. The van der Waals surface area contributed by atoms with E-state index >= 15 is 0 Å². The van der Waals surface area contributed by atoms with E-state index in [2.05, 4.69) is 15.3 Å². The maximum absolute atomic E-state index is 11.8. The third-order valence-corrected chi connectivity index (χ3v) is 2.95. The lowest BCUT2D eigenvalue weighted by molar-refractivity contribution is -0.119. The summed E-state index contributed by atoms with van der Waals surface area (Å²) < 4.78 is 0. The summed E-state index contributed by atoms with van der Waals surface area (Å²) >= 11 is 11.5. The van der Waals surface area contributed by atoms with Crippen LogP contribution in [0.4, 0.5) is 5.82 Å². The van der Waals surface area contributed by atoms with Crippen molar-refractivity contribution in [3.8, 4) is 0 Å². The van der Waals surface area contributed by atoms with E-state index in [0.717, 1.165) is 0 Å². The van der Waals surface area contributed by atoms with E-state index in [9.17, 15) is 4.79 Å². The van der Waals surface area contributed by atoms with Crippen molar-refractivity contribution in [3.63, 3.8) is 0 Å². The number of hydrogen-bond acceptors (Lipinski definition) is 4. The second kappa shape index (κ2) is 5.16. The van der Waals surface area contributed by atoms with Crippen molar-refractivity contribution in [2.75, 3.05) is 5.32 Å². The number of rotatable bonds is 2. The highest BCUT2D eigenvalue weighted by molar-refractivity contribution is 6.42. The lowest BCUT2D eigenvalue weighted by Gasteiger charge is -2.25. The highest BCUT2D eigenvalue weighted by atomic mass is 35.5. The maximum atomic E-state index is 11.8. The molecular formula is C10H14Cl2N4O. The van der Waals surface area contributed by atoms with E-state index < -0.39 is 6.04 Å². The van der Waals surface area contributed by atoms with Crippen LogP contribution in [0.3, 0.4) is 0 Å². The molecule has 1 atom stereocenters. The second-order valence-electron chi connectivity index (χ2n) is 4.66. The molecule has 1 heterocycles. The Balaban J connectivity index is 2.86. The molecule has 5 nitrogen and oxygen atoms in total. The Kier molecular flexibility index (Phi) is 4.30. The number of nitrogens with zero attached hydrogens (tertiary/aromatic N) is 2. The van der Waals surface area contributed by atoms with Crippen LogP contribution in [-0.4, -0.2) is 21.9 Å². The summed E-state index contributed by atoms with van der Waals surface area (Å²) in [7, 11) is 0. The molecule has 0 saturated carbocycles. The molecule has 0 aliphatic rings. The van der Waals surface area contributed by atoms with Crippen LogP contribution in [0.25, 0.3) is 0 Å². The average molecular weight is 277 g/mol. The van der Waals surface area contributed by atoms with Gasteiger partial charge in [-0.2, -0.15) is 0 Å². The van der Waals surface area contributed by atoms with Crippen molar-refractivity contribution in [2.45, 2.75) is 26.8 Å². The summed E-state index contributed by atoms with van der Waals surface area (Å²) in [6.45, 7) is 5.60. The van der Waals surface area contributed by atoms with Crippen LogP contribution < -0.4 is 11.1 Å².